The van der Waals surface area contributed by atoms with Crippen molar-refractivity contribution in [1.29, 1.82) is 0 Å². The molecule has 1 N–H and O–H groups in total. The number of nitrogens with zero attached hydrogens (tertiary/aromatic N) is 2. The van der Waals surface area contributed by atoms with Gasteiger partial charge in [0.25, 0.3) is 0 Å². The van der Waals surface area contributed by atoms with Gasteiger partial charge in [0.05, 0.1) is 12.0 Å². The van der Waals surface area contributed by atoms with Gasteiger partial charge in [-0.25, -0.2) is 4.79 Å². The number of amides is 2. The molecular formula is C9H14N2O3. The lowest BCUT2D eigenvalue weighted by atomic mass is 9.90. The lowest BCUT2D eigenvalue weighted by Crippen LogP contribution is -2.46. The standard InChI is InChI=1S/C9H14N2O3/c1-10-5-7-6(8(12)13)3-2-4-11(7)9(10)14/h6-7H,2-5H2,1H3,(H,12,13). The van der Waals surface area contributed by atoms with Crippen molar-refractivity contribution in [2.24, 2.45) is 5.92 Å². The molecule has 0 aliphatic carbocycles. The molecule has 78 valence electrons. The van der Waals surface area contributed by atoms with Crippen LogP contribution in [0.25, 0.3) is 0 Å². The predicted molar refractivity (Wildman–Crippen MR) is 48.9 cm³/mol. The second kappa shape index (κ2) is 3.15. The molecule has 2 fully saturated rings. The Hall–Kier alpha value is -1.26. The maximum absolute atomic E-state index is 11.6. The third-order valence-corrected chi connectivity index (χ3v) is 3.13. The zero-order valence-electron chi connectivity index (χ0n) is 8.14. The molecule has 2 saturated heterocycles. The van der Waals surface area contributed by atoms with Gasteiger partial charge in [0.15, 0.2) is 0 Å². The third kappa shape index (κ3) is 1.23. The van der Waals surface area contributed by atoms with Crippen LogP contribution in [0.1, 0.15) is 12.8 Å². The molecule has 2 unspecified atom stereocenters. The summed E-state index contributed by atoms with van der Waals surface area (Å²) in [6, 6.07) is -0.139. The van der Waals surface area contributed by atoms with Crippen LogP contribution in [-0.4, -0.2) is 53.1 Å². The van der Waals surface area contributed by atoms with E-state index in [1.54, 1.807) is 16.8 Å². The number of hydrogen-bond acceptors (Lipinski definition) is 2. The highest BCUT2D eigenvalue weighted by atomic mass is 16.4. The van der Waals surface area contributed by atoms with Crippen LogP contribution in [0.4, 0.5) is 4.79 Å². The fourth-order valence-electron chi connectivity index (χ4n) is 2.39. The minimum Gasteiger partial charge on any atom is -0.481 e. The maximum Gasteiger partial charge on any atom is 0.320 e. The largest absolute Gasteiger partial charge is 0.481 e. The summed E-state index contributed by atoms with van der Waals surface area (Å²) in [6.45, 7) is 1.26. The number of fused-ring (bicyclic) bond motifs is 1. The molecule has 0 bridgehead atoms. The summed E-state index contributed by atoms with van der Waals surface area (Å²) < 4.78 is 0. The number of likely N-dealkylation sites (N-methyl/N-ethyl adjacent to an activating group) is 1. The van der Waals surface area contributed by atoms with E-state index in [0.717, 1.165) is 6.42 Å². The summed E-state index contributed by atoms with van der Waals surface area (Å²) in [4.78, 5) is 25.8. The SMILES string of the molecule is CN1CC2C(C(=O)O)CCCN2C1=O. The van der Waals surface area contributed by atoms with Crippen LogP contribution in [-0.2, 0) is 4.79 Å². The van der Waals surface area contributed by atoms with E-state index < -0.39 is 5.97 Å². The number of carboxylic acid groups (broad SMARTS) is 1. The van der Waals surface area contributed by atoms with Crippen molar-refractivity contribution in [1.82, 2.24) is 9.80 Å². The number of urea groups is 1. The van der Waals surface area contributed by atoms with Gasteiger partial charge >= 0.3 is 12.0 Å². The molecule has 0 aromatic heterocycles. The molecule has 2 heterocycles. The Morgan fingerprint density at radius 2 is 2.29 bits per heavy atom. The summed E-state index contributed by atoms with van der Waals surface area (Å²) >= 11 is 0. The summed E-state index contributed by atoms with van der Waals surface area (Å²) in [6.07, 6.45) is 1.49. The Labute approximate surface area is 82.3 Å². The van der Waals surface area contributed by atoms with Crippen molar-refractivity contribution in [2.75, 3.05) is 20.1 Å². The minimum absolute atomic E-state index is 0.0269. The van der Waals surface area contributed by atoms with Crippen LogP contribution in [0.2, 0.25) is 0 Å². The van der Waals surface area contributed by atoms with E-state index >= 15 is 0 Å². The molecule has 0 aromatic rings. The van der Waals surface area contributed by atoms with Gasteiger partial charge < -0.3 is 14.9 Å². The fraction of sp³-hybridized carbons (Fsp3) is 0.778. The van der Waals surface area contributed by atoms with Gasteiger partial charge in [0.1, 0.15) is 0 Å². The molecule has 0 aromatic carbocycles. The Morgan fingerprint density at radius 3 is 2.93 bits per heavy atom. The molecule has 0 spiro atoms. The average molecular weight is 198 g/mol. The smallest absolute Gasteiger partial charge is 0.320 e. The topological polar surface area (TPSA) is 60.9 Å². The number of hydrogen-bond donors (Lipinski definition) is 1. The zero-order chi connectivity index (χ0) is 10.3. The predicted octanol–water partition coefficient (Wildman–Crippen LogP) is 0.217. The summed E-state index contributed by atoms with van der Waals surface area (Å²) in [7, 11) is 1.72. The number of piperidine rings is 1. The van der Waals surface area contributed by atoms with E-state index in [4.69, 9.17) is 5.11 Å². The van der Waals surface area contributed by atoms with Gasteiger partial charge in [-0.1, -0.05) is 0 Å². The molecule has 5 heteroatoms. The number of carbonyl (C=O) groups excluding carboxylic acids is 1. The van der Waals surface area contributed by atoms with Crippen LogP contribution in [0.5, 0.6) is 0 Å². The van der Waals surface area contributed by atoms with Crippen LogP contribution in [0.3, 0.4) is 0 Å². The van der Waals surface area contributed by atoms with Gasteiger partial charge in [-0.15, -0.1) is 0 Å². The van der Waals surface area contributed by atoms with E-state index in [9.17, 15) is 9.59 Å². The normalized spacial score (nSPS) is 31.9. The first-order chi connectivity index (χ1) is 6.61. The monoisotopic (exact) mass is 198 g/mol. The van der Waals surface area contributed by atoms with Crippen LogP contribution in [0, 0.1) is 5.92 Å². The molecule has 0 radical (unpaired) electrons. The van der Waals surface area contributed by atoms with Crippen LogP contribution >= 0.6 is 0 Å². The maximum atomic E-state index is 11.6. The lowest BCUT2D eigenvalue weighted by molar-refractivity contribution is -0.144. The van der Waals surface area contributed by atoms with Crippen molar-refractivity contribution in [3.8, 4) is 0 Å². The first-order valence-electron chi connectivity index (χ1n) is 4.86. The molecule has 0 saturated carbocycles. The molecule has 2 aliphatic heterocycles. The number of carbonyl (C=O) groups is 2. The molecule has 2 atom stereocenters. The highest BCUT2D eigenvalue weighted by Gasteiger charge is 2.44. The van der Waals surface area contributed by atoms with Crippen molar-refractivity contribution >= 4 is 12.0 Å². The number of carboxylic acids is 1. The van der Waals surface area contributed by atoms with E-state index in [1.807, 2.05) is 0 Å². The first-order valence-corrected chi connectivity index (χ1v) is 4.86. The highest BCUT2D eigenvalue weighted by Crippen LogP contribution is 2.29. The van der Waals surface area contributed by atoms with E-state index in [0.29, 0.717) is 19.5 Å². The second-order valence-corrected chi connectivity index (χ2v) is 4.01. The Morgan fingerprint density at radius 1 is 1.57 bits per heavy atom. The molecule has 5 nitrogen and oxygen atoms in total. The van der Waals surface area contributed by atoms with Crippen molar-refractivity contribution in [3.05, 3.63) is 0 Å². The van der Waals surface area contributed by atoms with Gasteiger partial charge in [-0.05, 0) is 12.8 Å². The summed E-state index contributed by atoms with van der Waals surface area (Å²) in [5.74, 6) is -1.15. The highest BCUT2D eigenvalue weighted by molar-refractivity contribution is 5.80. The third-order valence-electron chi connectivity index (χ3n) is 3.13. The Balaban J connectivity index is 2.19. The molecular weight excluding hydrogens is 184 g/mol. The first kappa shape index (κ1) is 9.30. The summed E-state index contributed by atoms with van der Waals surface area (Å²) in [5.41, 5.74) is 0. The quantitative estimate of drug-likeness (QED) is 0.655. The van der Waals surface area contributed by atoms with E-state index in [2.05, 4.69) is 0 Å². The lowest BCUT2D eigenvalue weighted by Gasteiger charge is -2.32. The van der Waals surface area contributed by atoms with Gasteiger partial charge in [0.2, 0.25) is 0 Å². The fourth-order valence-corrected chi connectivity index (χ4v) is 2.39. The zero-order valence-corrected chi connectivity index (χ0v) is 8.14. The van der Waals surface area contributed by atoms with Crippen molar-refractivity contribution in [2.45, 2.75) is 18.9 Å². The average Bonchev–Trinajstić information content (AvgIpc) is 2.43. The molecule has 2 aliphatic rings. The Kier molecular flexibility index (Phi) is 2.09. The molecule has 2 amide bonds. The van der Waals surface area contributed by atoms with Crippen LogP contribution in [0.15, 0.2) is 0 Å². The van der Waals surface area contributed by atoms with Gasteiger partial charge in [-0.3, -0.25) is 4.79 Å². The van der Waals surface area contributed by atoms with Gasteiger partial charge in [0, 0.05) is 20.1 Å². The van der Waals surface area contributed by atoms with Gasteiger partial charge in [-0.2, -0.15) is 0 Å². The minimum atomic E-state index is -0.775. The second-order valence-electron chi connectivity index (χ2n) is 4.01. The number of rotatable bonds is 1. The van der Waals surface area contributed by atoms with Crippen LogP contribution < -0.4 is 0 Å². The number of aliphatic carboxylic acids is 1. The van der Waals surface area contributed by atoms with E-state index in [-0.39, 0.29) is 18.0 Å². The van der Waals surface area contributed by atoms with Crippen molar-refractivity contribution in [3.63, 3.8) is 0 Å². The molecule has 14 heavy (non-hydrogen) atoms. The Bertz CT molecular complexity index is 273. The van der Waals surface area contributed by atoms with E-state index in [1.165, 1.54) is 0 Å². The summed E-state index contributed by atoms with van der Waals surface area (Å²) in [5, 5.41) is 9.00. The molecule has 2 rings (SSSR count). The van der Waals surface area contributed by atoms with Crippen molar-refractivity contribution < 1.29 is 14.7 Å².